The second kappa shape index (κ2) is 4.96. The molecule has 2 rings (SSSR count). The van der Waals surface area contributed by atoms with Gasteiger partial charge in [0.2, 0.25) is 12.3 Å². The zero-order chi connectivity index (χ0) is 13.2. The fourth-order valence-corrected chi connectivity index (χ4v) is 2.42. The van der Waals surface area contributed by atoms with E-state index in [4.69, 9.17) is 5.11 Å². The first-order chi connectivity index (χ1) is 8.54. The lowest BCUT2D eigenvalue weighted by molar-refractivity contribution is -0.140. The summed E-state index contributed by atoms with van der Waals surface area (Å²) >= 11 is 0. The Balaban J connectivity index is 1.82. The number of aliphatic carboxylic acids is 1. The van der Waals surface area contributed by atoms with Gasteiger partial charge in [-0.25, -0.2) is 0 Å². The third-order valence-electron chi connectivity index (χ3n) is 3.83. The molecule has 6 heteroatoms. The number of carboxylic acids is 1. The van der Waals surface area contributed by atoms with Crippen LogP contribution in [-0.4, -0.2) is 59.4 Å². The summed E-state index contributed by atoms with van der Waals surface area (Å²) in [5.41, 5.74) is -0.287. The van der Waals surface area contributed by atoms with Crippen LogP contribution in [0.3, 0.4) is 0 Å². The predicted octanol–water partition coefficient (Wildman–Crippen LogP) is -0.0680. The van der Waals surface area contributed by atoms with Crippen LogP contribution >= 0.6 is 0 Å². The lowest BCUT2D eigenvalue weighted by Crippen LogP contribution is -2.48. The van der Waals surface area contributed by atoms with Gasteiger partial charge in [-0.05, 0) is 18.3 Å². The van der Waals surface area contributed by atoms with Gasteiger partial charge in [0.1, 0.15) is 0 Å². The van der Waals surface area contributed by atoms with Gasteiger partial charge in [0.05, 0.1) is 6.42 Å². The molecule has 1 N–H and O–H groups in total. The van der Waals surface area contributed by atoms with Crippen molar-refractivity contribution in [1.29, 1.82) is 0 Å². The lowest BCUT2D eigenvalue weighted by Gasteiger charge is -2.33. The SMILES string of the molecule is O=CN1CCN(C(=O)CC2(CC(=O)O)CC2)CC1. The van der Waals surface area contributed by atoms with Crippen molar-refractivity contribution in [2.45, 2.75) is 25.7 Å². The molecular weight excluding hydrogens is 236 g/mol. The van der Waals surface area contributed by atoms with E-state index in [2.05, 4.69) is 0 Å². The molecule has 2 fully saturated rings. The van der Waals surface area contributed by atoms with Gasteiger partial charge in [0.25, 0.3) is 0 Å². The van der Waals surface area contributed by atoms with E-state index in [-0.39, 0.29) is 17.7 Å². The van der Waals surface area contributed by atoms with Crippen LogP contribution in [0.1, 0.15) is 25.7 Å². The average molecular weight is 254 g/mol. The minimum Gasteiger partial charge on any atom is -0.481 e. The molecule has 100 valence electrons. The number of carboxylic acid groups (broad SMARTS) is 1. The molecule has 0 atom stereocenters. The summed E-state index contributed by atoms with van der Waals surface area (Å²) in [6, 6.07) is 0. The first kappa shape index (κ1) is 12.9. The van der Waals surface area contributed by atoms with Gasteiger partial charge < -0.3 is 14.9 Å². The largest absolute Gasteiger partial charge is 0.481 e. The van der Waals surface area contributed by atoms with E-state index < -0.39 is 5.97 Å². The number of carbonyl (C=O) groups excluding carboxylic acids is 2. The van der Waals surface area contributed by atoms with Gasteiger partial charge >= 0.3 is 5.97 Å². The Hall–Kier alpha value is -1.59. The molecule has 0 spiro atoms. The maximum atomic E-state index is 12.1. The van der Waals surface area contributed by atoms with Gasteiger partial charge in [-0.3, -0.25) is 14.4 Å². The molecule has 0 aromatic heterocycles. The average Bonchev–Trinajstić information content (AvgIpc) is 3.07. The number of amides is 2. The zero-order valence-corrected chi connectivity index (χ0v) is 10.3. The number of rotatable bonds is 5. The molecule has 18 heavy (non-hydrogen) atoms. The van der Waals surface area contributed by atoms with Gasteiger partial charge in [-0.15, -0.1) is 0 Å². The molecule has 0 aromatic carbocycles. The van der Waals surface area contributed by atoms with Crippen molar-refractivity contribution in [3.8, 4) is 0 Å². The number of hydrogen-bond acceptors (Lipinski definition) is 3. The van der Waals surface area contributed by atoms with E-state index in [1.807, 2.05) is 0 Å². The van der Waals surface area contributed by atoms with Crippen molar-refractivity contribution >= 4 is 18.3 Å². The summed E-state index contributed by atoms with van der Waals surface area (Å²) in [5, 5.41) is 8.81. The minimum atomic E-state index is -0.828. The zero-order valence-electron chi connectivity index (χ0n) is 10.3. The summed E-state index contributed by atoms with van der Waals surface area (Å²) in [4.78, 5) is 36.7. The van der Waals surface area contributed by atoms with Gasteiger partial charge in [0, 0.05) is 32.6 Å². The number of hydrogen-bond donors (Lipinski definition) is 1. The third kappa shape index (κ3) is 3.00. The fraction of sp³-hybridized carbons (Fsp3) is 0.750. The standard InChI is InChI=1S/C12H18N2O4/c15-9-13-3-5-14(6-4-13)10(16)7-12(1-2-12)8-11(17)18/h9H,1-8H2,(H,17,18). The van der Waals surface area contributed by atoms with Crippen LogP contribution in [0, 0.1) is 5.41 Å². The van der Waals surface area contributed by atoms with Crippen LogP contribution in [0.4, 0.5) is 0 Å². The Bertz CT molecular complexity index is 357. The predicted molar refractivity (Wildman–Crippen MR) is 62.8 cm³/mol. The highest BCUT2D eigenvalue weighted by Gasteiger charge is 2.46. The monoisotopic (exact) mass is 254 g/mol. The van der Waals surface area contributed by atoms with Crippen molar-refractivity contribution in [3.05, 3.63) is 0 Å². The number of nitrogens with zero attached hydrogens (tertiary/aromatic N) is 2. The van der Waals surface area contributed by atoms with Crippen LogP contribution in [0.2, 0.25) is 0 Å². The second-order valence-electron chi connectivity index (χ2n) is 5.27. The first-order valence-corrected chi connectivity index (χ1v) is 6.24. The Kier molecular flexibility index (Phi) is 3.54. The Morgan fingerprint density at radius 1 is 1.11 bits per heavy atom. The van der Waals surface area contributed by atoms with Crippen LogP contribution in [-0.2, 0) is 14.4 Å². The van der Waals surface area contributed by atoms with E-state index >= 15 is 0 Å². The van der Waals surface area contributed by atoms with Crippen LogP contribution in [0.5, 0.6) is 0 Å². The van der Waals surface area contributed by atoms with Crippen LogP contribution in [0.15, 0.2) is 0 Å². The van der Waals surface area contributed by atoms with Crippen molar-refractivity contribution in [2.24, 2.45) is 5.41 Å². The van der Waals surface area contributed by atoms with Crippen LogP contribution in [0.25, 0.3) is 0 Å². The lowest BCUT2D eigenvalue weighted by atomic mass is 9.97. The van der Waals surface area contributed by atoms with E-state index in [1.54, 1.807) is 9.80 Å². The first-order valence-electron chi connectivity index (χ1n) is 6.24. The van der Waals surface area contributed by atoms with E-state index in [0.717, 1.165) is 19.3 Å². The maximum absolute atomic E-state index is 12.1. The van der Waals surface area contributed by atoms with Crippen molar-refractivity contribution in [3.63, 3.8) is 0 Å². The Labute approximate surface area is 106 Å². The van der Waals surface area contributed by atoms with Gasteiger partial charge in [0.15, 0.2) is 0 Å². The highest BCUT2D eigenvalue weighted by atomic mass is 16.4. The number of piperazine rings is 1. The highest BCUT2D eigenvalue weighted by Crippen LogP contribution is 2.52. The topological polar surface area (TPSA) is 77.9 Å². The number of carbonyl (C=O) groups is 3. The molecule has 0 radical (unpaired) electrons. The summed E-state index contributed by atoms with van der Waals surface area (Å²) in [6.07, 6.45) is 2.89. The summed E-state index contributed by atoms with van der Waals surface area (Å²) in [6.45, 7) is 2.25. The quantitative estimate of drug-likeness (QED) is 0.697. The van der Waals surface area contributed by atoms with Crippen molar-refractivity contribution in [1.82, 2.24) is 9.80 Å². The maximum Gasteiger partial charge on any atom is 0.303 e. The van der Waals surface area contributed by atoms with Crippen molar-refractivity contribution in [2.75, 3.05) is 26.2 Å². The molecule has 0 bridgehead atoms. The Morgan fingerprint density at radius 3 is 2.17 bits per heavy atom. The molecular formula is C12H18N2O4. The van der Waals surface area contributed by atoms with E-state index in [0.29, 0.717) is 32.6 Å². The molecule has 0 unspecified atom stereocenters. The second-order valence-corrected chi connectivity index (χ2v) is 5.27. The van der Waals surface area contributed by atoms with E-state index in [1.165, 1.54) is 0 Å². The molecule has 2 aliphatic rings. The molecule has 0 aromatic rings. The van der Waals surface area contributed by atoms with Crippen molar-refractivity contribution < 1.29 is 19.5 Å². The summed E-state index contributed by atoms with van der Waals surface area (Å²) in [5.74, 6) is -0.801. The van der Waals surface area contributed by atoms with Gasteiger partial charge in [-0.2, -0.15) is 0 Å². The Morgan fingerprint density at radius 2 is 1.72 bits per heavy atom. The molecule has 2 amide bonds. The third-order valence-corrected chi connectivity index (χ3v) is 3.83. The van der Waals surface area contributed by atoms with Gasteiger partial charge in [-0.1, -0.05) is 0 Å². The fourth-order valence-electron chi connectivity index (χ4n) is 2.42. The molecule has 1 heterocycles. The van der Waals surface area contributed by atoms with E-state index in [9.17, 15) is 14.4 Å². The smallest absolute Gasteiger partial charge is 0.303 e. The molecule has 1 aliphatic carbocycles. The van der Waals surface area contributed by atoms with Crippen LogP contribution < -0.4 is 0 Å². The summed E-state index contributed by atoms with van der Waals surface area (Å²) in [7, 11) is 0. The summed E-state index contributed by atoms with van der Waals surface area (Å²) < 4.78 is 0. The minimum absolute atomic E-state index is 0.0271. The molecule has 1 aliphatic heterocycles. The molecule has 1 saturated heterocycles. The normalized spacial score (nSPS) is 21.6. The highest BCUT2D eigenvalue weighted by molar-refractivity contribution is 5.79. The molecule has 1 saturated carbocycles. The molecule has 6 nitrogen and oxygen atoms in total.